The van der Waals surface area contributed by atoms with Crippen molar-refractivity contribution in [2.45, 2.75) is 6.61 Å². The van der Waals surface area contributed by atoms with Crippen molar-refractivity contribution in [3.05, 3.63) is 90.5 Å². The van der Waals surface area contributed by atoms with Gasteiger partial charge in [-0.05, 0) is 34.9 Å². The molecule has 113 valence electrons. The fourth-order valence-electron chi connectivity index (χ4n) is 2.20. The second kappa shape index (κ2) is 7.27. The molecule has 0 bridgehead atoms. The van der Waals surface area contributed by atoms with Crippen LogP contribution < -0.4 is 5.32 Å². The van der Waals surface area contributed by atoms with E-state index in [-0.39, 0.29) is 6.61 Å². The summed E-state index contributed by atoms with van der Waals surface area (Å²) in [5, 5.41) is 2.72. The van der Waals surface area contributed by atoms with E-state index in [9.17, 15) is 4.79 Å². The van der Waals surface area contributed by atoms with Gasteiger partial charge in [-0.25, -0.2) is 4.79 Å². The van der Waals surface area contributed by atoms with Gasteiger partial charge in [-0.3, -0.25) is 5.32 Å². The van der Waals surface area contributed by atoms with E-state index >= 15 is 0 Å². The molecule has 3 aromatic carbocycles. The van der Waals surface area contributed by atoms with Crippen LogP contribution in [0.1, 0.15) is 5.56 Å². The number of carbonyl (C=O) groups is 1. The zero-order valence-corrected chi connectivity index (χ0v) is 12.5. The second-order valence-electron chi connectivity index (χ2n) is 5.05. The van der Waals surface area contributed by atoms with Gasteiger partial charge in [0.1, 0.15) is 6.61 Å². The van der Waals surface area contributed by atoms with Crippen LogP contribution in [0.25, 0.3) is 11.1 Å². The van der Waals surface area contributed by atoms with Crippen molar-refractivity contribution >= 4 is 11.8 Å². The monoisotopic (exact) mass is 302 g/mol. The molecule has 23 heavy (non-hydrogen) atoms. The average Bonchev–Trinajstić information content (AvgIpc) is 2.62. The number of rotatable bonds is 4. The highest BCUT2D eigenvalue weighted by atomic mass is 16.5. The van der Waals surface area contributed by atoms with Crippen LogP contribution in [0.15, 0.2) is 78.9 Å². The van der Waals surface area contributed by atoms with E-state index in [1.54, 1.807) is 0 Å². The summed E-state index contributed by atoms with van der Waals surface area (Å²) in [6.07, 6.45) is -0.462. The molecule has 0 aliphatic heterocycles. The predicted octanol–water partition coefficient (Wildman–Crippen LogP) is 4.90. The number of hydrogen-bond donors (Lipinski definition) is 1. The van der Waals surface area contributed by atoms with Crippen LogP contribution in [0.2, 0.25) is 0 Å². The van der Waals surface area contributed by atoms with Gasteiger partial charge in [0.25, 0.3) is 0 Å². The van der Waals surface area contributed by atoms with Gasteiger partial charge < -0.3 is 4.74 Å². The van der Waals surface area contributed by atoms with Gasteiger partial charge in [0.15, 0.2) is 0 Å². The smallest absolute Gasteiger partial charge is 0.411 e. The molecule has 0 unspecified atom stereocenters. The molecule has 0 heterocycles. The summed E-state index contributed by atoms with van der Waals surface area (Å²) in [4.78, 5) is 11.8. The first-order valence-corrected chi connectivity index (χ1v) is 7.35. The molecule has 0 aliphatic rings. The number of ether oxygens (including phenoxy) is 1. The van der Waals surface area contributed by atoms with E-state index in [4.69, 9.17) is 4.74 Å². The zero-order chi connectivity index (χ0) is 15.9. The molecule has 3 rings (SSSR count). The maximum Gasteiger partial charge on any atom is 0.411 e. The van der Waals surface area contributed by atoms with E-state index in [1.807, 2.05) is 78.9 Å². The maximum atomic E-state index is 11.8. The molecule has 1 N–H and O–H groups in total. The van der Waals surface area contributed by atoms with Gasteiger partial charge in [-0.15, -0.1) is 0 Å². The molecular weight excluding hydrogens is 286 g/mol. The molecule has 3 nitrogen and oxygen atoms in total. The summed E-state index contributed by atoms with van der Waals surface area (Å²) in [5.74, 6) is 0. The Morgan fingerprint density at radius 2 is 1.52 bits per heavy atom. The Bertz CT molecular complexity index is 753. The first kappa shape index (κ1) is 14.9. The van der Waals surface area contributed by atoms with E-state index in [0.717, 1.165) is 16.7 Å². The van der Waals surface area contributed by atoms with Crippen LogP contribution >= 0.6 is 0 Å². The Balaban J connectivity index is 1.57. The van der Waals surface area contributed by atoms with Crippen molar-refractivity contribution in [2.75, 3.05) is 5.32 Å². The molecule has 0 aromatic heterocycles. The molecular formula is C20H16NO2. The maximum absolute atomic E-state index is 11.8. The first-order valence-electron chi connectivity index (χ1n) is 7.35. The van der Waals surface area contributed by atoms with Crippen molar-refractivity contribution in [1.82, 2.24) is 0 Å². The number of amides is 1. The number of nitrogens with one attached hydrogen (secondary N) is 1. The van der Waals surface area contributed by atoms with Crippen LogP contribution in [-0.2, 0) is 11.3 Å². The molecule has 0 saturated carbocycles. The third-order valence-electron chi connectivity index (χ3n) is 3.40. The van der Waals surface area contributed by atoms with Crippen LogP contribution in [0.3, 0.4) is 0 Å². The largest absolute Gasteiger partial charge is 0.444 e. The lowest BCUT2D eigenvalue weighted by Crippen LogP contribution is -2.13. The zero-order valence-electron chi connectivity index (χ0n) is 12.5. The minimum atomic E-state index is -0.462. The Morgan fingerprint density at radius 1 is 0.870 bits per heavy atom. The molecule has 1 radical (unpaired) electrons. The Hall–Kier alpha value is -3.07. The average molecular weight is 302 g/mol. The van der Waals surface area contributed by atoms with Crippen LogP contribution in [0.5, 0.6) is 0 Å². The van der Waals surface area contributed by atoms with E-state index < -0.39 is 6.09 Å². The summed E-state index contributed by atoms with van der Waals surface area (Å²) in [5.41, 5.74) is 3.86. The van der Waals surface area contributed by atoms with Crippen molar-refractivity contribution in [3.63, 3.8) is 0 Å². The molecule has 0 spiro atoms. The molecule has 3 heteroatoms. The fraction of sp³-hybridized carbons (Fsp3) is 0.0500. The number of carbonyl (C=O) groups excluding carboxylic acids is 1. The van der Waals surface area contributed by atoms with Gasteiger partial charge in [0.2, 0.25) is 0 Å². The third kappa shape index (κ3) is 4.20. The SMILES string of the molecule is O=C(Nc1ccc(-c2cc[c]cc2)cc1)OCc1ccccc1. The molecule has 0 saturated heterocycles. The number of hydrogen-bond acceptors (Lipinski definition) is 2. The van der Waals surface area contributed by atoms with Crippen molar-refractivity contribution in [2.24, 2.45) is 0 Å². The van der Waals surface area contributed by atoms with Crippen molar-refractivity contribution in [1.29, 1.82) is 0 Å². The Morgan fingerprint density at radius 3 is 2.22 bits per heavy atom. The summed E-state index contributed by atoms with van der Waals surface area (Å²) in [6, 6.07) is 28.0. The topological polar surface area (TPSA) is 38.3 Å². The summed E-state index contributed by atoms with van der Waals surface area (Å²) >= 11 is 0. The lowest BCUT2D eigenvalue weighted by atomic mass is 10.1. The first-order chi connectivity index (χ1) is 11.3. The van der Waals surface area contributed by atoms with Gasteiger partial charge >= 0.3 is 6.09 Å². The highest BCUT2D eigenvalue weighted by molar-refractivity contribution is 5.85. The number of anilines is 1. The highest BCUT2D eigenvalue weighted by Gasteiger charge is 2.04. The predicted molar refractivity (Wildman–Crippen MR) is 91.0 cm³/mol. The van der Waals surface area contributed by atoms with Gasteiger partial charge in [0, 0.05) is 5.69 Å². The Kier molecular flexibility index (Phi) is 4.69. The molecule has 0 atom stereocenters. The third-order valence-corrected chi connectivity index (χ3v) is 3.40. The van der Waals surface area contributed by atoms with Crippen molar-refractivity contribution in [3.8, 4) is 11.1 Å². The standard InChI is InChI=1S/C20H16NO2/c22-20(23-15-16-7-3-1-4-8-16)21-19-13-11-18(12-14-19)17-9-5-2-6-10-17/h1,3-14H,15H2,(H,21,22). The highest BCUT2D eigenvalue weighted by Crippen LogP contribution is 2.21. The second-order valence-corrected chi connectivity index (χ2v) is 5.05. The van der Waals surface area contributed by atoms with Gasteiger partial charge in [-0.1, -0.05) is 66.7 Å². The fourth-order valence-corrected chi connectivity index (χ4v) is 2.20. The lowest BCUT2D eigenvalue weighted by Gasteiger charge is -2.08. The molecule has 0 fully saturated rings. The number of benzene rings is 3. The summed E-state index contributed by atoms with van der Waals surface area (Å²) in [6.45, 7) is 0.255. The minimum absolute atomic E-state index is 0.255. The molecule has 1 amide bonds. The lowest BCUT2D eigenvalue weighted by molar-refractivity contribution is 0.155. The van der Waals surface area contributed by atoms with Crippen LogP contribution in [0, 0.1) is 6.07 Å². The van der Waals surface area contributed by atoms with Gasteiger partial charge in [-0.2, -0.15) is 0 Å². The Labute approximate surface area is 135 Å². The summed E-state index contributed by atoms with van der Waals surface area (Å²) in [7, 11) is 0. The molecule has 3 aromatic rings. The van der Waals surface area contributed by atoms with E-state index in [2.05, 4.69) is 11.4 Å². The normalized spacial score (nSPS) is 10.1. The van der Waals surface area contributed by atoms with Crippen LogP contribution in [0.4, 0.5) is 10.5 Å². The molecule has 0 aliphatic carbocycles. The van der Waals surface area contributed by atoms with E-state index in [0.29, 0.717) is 5.69 Å². The summed E-state index contributed by atoms with van der Waals surface area (Å²) < 4.78 is 5.19. The van der Waals surface area contributed by atoms with Gasteiger partial charge in [0.05, 0.1) is 0 Å². The quantitative estimate of drug-likeness (QED) is 0.744. The minimum Gasteiger partial charge on any atom is -0.444 e. The van der Waals surface area contributed by atoms with E-state index in [1.165, 1.54) is 0 Å². The van der Waals surface area contributed by atoms with Crippen LogP contribution in [-0.4, -0.2) is 6.09 Å². The van der Waals surface area contributed by atoms with Crippen molar-refractivity contribution < 1.29 is 9.53 Å².